The summed E-state index contributed by atoms with van der Waals surface area (Å²) < 4.78 is 11.1. The molecule has 1 aliphatic heterocycles. The maximum absolute atomic E-state index is 11.8. The van der Waals surface area contributed by atoms with Crippen molar-refractivity contribution in [3.8, 4) is 5.75 Å². The van der Waals surface area contributed by atoms with Crippen LogP contribution in [0.1, 0.15) is 33.1 Å². The molecule has 0 aliphatic carbocycles. The molecule has 0 aromatic heterocycles. The first kappa shape index (κ1) is 20.9. The number of amides is 1. The van der Waals surface area contributed by atoms with Gasteiger partial charge in [-0.2, -0.15) is 0 Å². The van der Waals surface area contributed by atoms with Crippen LogP contribution in [0.25, 0.3) is 0 Å². The first-order valence-electron chi connectivity index (χ1n) is 9.76. The Hall–Kier alpha value is -2.44. The second-order valence-electron chi connectivity index (χ2n) is 6.52. The van der Waals surface area contributed by atoms with Crippen molar-refractivity contribution >= 4 is 12.1 Å². The molecule has 0 saturated carbocycles. The van der Waals surface area contributed by atoms with Gasteiger partial charge in [0.05, 0.1) is 13.2 Å². The highest BCUT2D eigenvalue weighted by Crippen LogP contribution is 2.13. The minimum absolute atomic E-state index is 0.0663. The van der Waals surface area contributed by atoms with Gasteiger partial charge in [0.2, 0.25) is 0 Å². The lowest BCUT2D eigenvalue weighted by molar-refractivity contribution is 0.0962. The Labute approximate surface area is 162 Å². The van der Waals surface area contributed by atoms with Crippen molar-refractivity contribution in [3.63, 3.8) is 0 Å². The summed E-state index contributed by atoms with van der Waals surface area (Å²) >= 11 is 0. The summed E-state index contributed by atoms with van der Waals surface area (Å²) in [5.74, 6) is 1.64. The van der Waals surface area contributed by atoms with E-state index in [1.54, 1.807) is 11.9 Å². The second kappa shape index (κ2) is 11.3. The summed E-state index contributed by atoms with van der Waals surface area (Å²) in [5, 5.41) is 6.80. The predicted molar refractivity (Wildman–Crippen MR) is 107 cm³/mol. The van der Waals surface area contributed by atoms with Gasteiger partial charge in [-0.1, -0.05) is 25.1 Å². The molecule has 1 atom stereocenters. The number of guanidine groups is 1. The lowest BCUT2D eigenvalue weighted by atomic mass is 10.1. The SMILES string of the molecule is CCOC(=O)N1CCC(NC(=NC)NCC(CC)Oc2ccccc2)CC1. The average Bonchev–Trinajstić information content (AvgIpc) is 2.71. The van der Waals surface area contributed by atoms with Crippen LogP contribution in [0.4, 0.5) is 4.79 Å². The predicted octanol–water partition coefficient (Wildman–Crippen LogP) is 2.63. The van der Waals surface area contributed by atoms with E-state index in [-0.39, 0.29) is 18.2 Å². The molecule has 0 radical (unpaired) electrons. The van der Waals surface area contributed by atoms with Crippen LogP contribution in [-0.4, -0.2) is 62.4 Å². The van der Waals surface area contributed by atoms with Gasteiger partial charge in [-0.25, -0.2) is 4.79 Å². The highest BCUT2D eigenvalue weighted by molar-refractivity contribution is 5.80. The van der Waals surface area contributed by atoms with Crippen LogP contribution >= 0.6 is 0 Å². The Bertz CT molecular complexity index is 586. The first-order chi connectivity index (χ1) is 13.2. The van der Waals surface area contributed by atoms with Gasteiger partial charge in [-0.05, 0) is 38.3 Å². The number of nitrogens with one attached hydrogen (secondary N) is 2. The molecule has 1 heterocycles. The number of rotatable bonds is 7. The van der Waals surface area contributed by atoms with Crippen molar-refractivity contribution in [3.05, 3.63) is 30.3 Å². The zero-order valence-electron chi connectivity index (χ0n) is 16.6. The zero-order chi connectivity index (χ0) is 19.5. The van der Waals surface area contributed by atoms with Gasteiger partial charge in [0.25, 0.3) is 0 Å². The normalized spacial score (nSPS) is 16.6. The Morgan fingerprint density at radius 3 is 2.56 bits per heavy atom. The number of hydrogen-bond acceptors (Lipinski definition) is 4. The number of aliphatic imine (C=N–C) groups is 1. The van der Waals surface area contributed by atoms with Crippen LogP contribution in [0.5, 0.6) is 5.75 Å². The van der Waals surface area contributed by atoms with Crippen LogP contribution in [0, 0.1) is 0 Å². The van der Waals surface area contributed by atoms with Crippen LogP contribution in [0.3, 0.4) is 0 Å². The third kappa shape index (κ3) is 7.00. The van der Waals surface area contributed by atoms with E-state index in [4.69, 9.17) is 9.47 Å². The Balaban J connectivity index is 1.74. The third-order valence-corrected chi connectivity index (χ3v) is 4.58. The lowest BCUT2D eigenvalue weighted by Gasteiger charge is -2.32. The molecule has 1 saturated heterocycles. The molecule has 1 aromatic rings. The molecule has 1 aromatic carbocycles. The third-order valence-electron chi connectivity index (χ3n) is 4.58. The van der Waals surface area contributed by atoms with Gasteiger partial charge in [-0.3, -0.25) is 4.99 Å². The number of carbonyl (C=O) groups excluding carboxylic acids is 1. The highest BCUT2D eigenvalue weighted by atomic mass is 16.6. The van der Waals surface area contributed by atoms with Crippen molar-refractivity contribution in [1.82, 2.24) is 15.5 Å². The molecule has 7 nitrogen and oxygen atoms in total. The summed E-state index contributed by atoms with van der Waals surface area (Å²) in [5.41, 5.74) is 0. The molecule has 0 spiro atoms. The minimum atomic E-state index is -0.220. The van der Waals surface area contributed by atoms with E-state index in [1.807, 2.05) is 37.3 Å². The number of nitrogens with zero attached hydrogens (tertiary/aromatic N) is 2. The fourth-order valence-electron chi connectivity index (χ4n) is 2.98. The molecule has 1 fully saturated rings. The molecule has 1 unspecified atom stereocenters. The number of hydrogen-bond donors (Lipinski definition) is 2. The number of piperidine rings is 1. The lowest BCUT2D eigenvalue weighted by Crippen LogP contribution is -2.51. The molecule has 2 rings (SSSR count). The highest BCUT2D eigenvalue weighted by Gasteiger charge is 2.24. The Kier molecular flexibility index (Phi) is 8.74. The van der Waals surface area contributed by atoms with Gasteiger partial charge in [0.15, 0.2) is 5.96 Å². The van der Waals surface area contributed by atoms with E-state index in [1.165, 1.54) is 0 Å². The summed E-state index contributed by atoms with van der Waals surface area (Å²) in [6, 6.07) is 10.1. The molecule has 150 valence electrons. The number of carbonyl (C=O) groups is 1. The van der Waals surface area contributed by atoms with Crippen molar-refractivity contribution in [2.45, 2.75) is 45.3 Å². The van der Waals surface area contributed by atoms with Crippen molar-refractivity contribution in [2.24, 2.45) is 4.99 Å². The summed E-state index contributed by atoms with van der Waals surface area (Å²) in [6.07, 6.45) is 2.49. The van der Waals surface area contributed by atoms with E-state index in [0.717, 1.165) is 31.0 Å². The largest absolute Gasteiger partial charge is 0.489 e. The number of ether oxygens (including phenoxy) is 2. The zero-order valence-corrected chi connectivity index (χ0v) is 16.6. The monoisotopic (exact) mass is 376 g/mol. The topological polar surface area (TPSA) is 75.2 Å². The summed E-state index contributed by atoms with van der Waals surface area (Å²) in [7, 11) is 1.77. The molecule has 0 bridgehead atoms. The second-order valence-corrected chi connectivity index (χ2v) is 6.52. The maximum Gasteiger partial charge on any atom is 0.409 e. The Morgan fingerprint density at radius 1 is 1.26 bits per heavy atom. The van der Waals surface area contributed by atoms with Crippen LogP contribution < -0.4 is 15.4 Å². The molecule has 1 amide bonds. The summed E-state index contributed by atoms with van der Waals surface area (Å²) in [4.78, 5) is 17.9. The van der Waals surface area contributed by atoms with Gasteiger partial charge in [0, 0.05) is 26.2 Å². The van der Waals surface area contributed by atoms with E-state index in [9.17, 15) is 4.79 Å². The fraction of sp³-hybridized carbons (Fsp3) is 0.600. The smallest absolute Gasteiger partial charge is 0.409 e. The number of benzene rings is 1. The van der Waals surface area contributed by atoms with Crippen molar-refractivity contribution in [1.29, 1.82) is 0 Å². The van der Waals surface area contributed by atoms with Gasteiger partial charge in [0.1, 0.15) is 11.9 Å². The molecule has 27 heavy (non-hydrogen) atoms. The van der Waals surface area contributed by atoms with Gasteiger partial charge >= 0.3 is 6.09 Å². The van der Waals surface area contributed by atoms with Crippen molar-refractivity contribution < 1.29 is 14.3 Å². The van der Waals surface area contributed by atoms with Gasteiger partial charge < -0.3 is 25.0 Å². The maximum atomic E-state index is 11.8. The van der Waals surface area contributed by atoms with E-state index < -0.39 is 0 Å². The van der Waals surface area contributed by atoms with Gasteiger partial charge in [-0.15, -0.1) is 0 Å². The molecule has 1 aliphatic rings. The Morgan fingerprint density at radius 2 is 1.96 bits per heavy atom. The quantitative estimate of drug-likeness (QED) is 0.565. The molecule has 2 N–H and O–H groups in total. The molecule has 7 heteroatoms. The van der Waals surface area contributed by atoms with Crippen LogP contribution in [0.2, 0.25) is 0 Å². The average molecular weight is 377 g/mol. The van der Waals surface area contributed by atoms with Crippen LogP contribution in [0.15, 0.2) is 35.3 Å². The summed E-state index contributed by atoms with van der Waals surface area (Å²) in [6.45, 7) is 6.41. The number of para-hydroxylation sites is 1. The molecular weight excluding hydrogens is 344 g/mol. The van der Waals surface area contributed by atoms with E-state index >= 15 is 0 Å². The fourth-order valence-corrected chi connectivity index (χ4v) is 2.98. The van der Waals surface area contributed by atoms with E-state index in [2.05, 4.69) is 22.5 Å². The van der Waals surface area contributed by atoms with E-state index in [0.29, 0.717) is 26.2 Å². The molecular formula is C20H32N4O3. The van der Waals surface area contributed by atoms with Crippen LogP contribution in [-0.2, 0) is 4.74 Å². The first-order valence-corrected chi connectivity index (χ1v) is 9.76. The number of likely N-dealkylation sites (tertiary alicyclic amines) is 1. The van der Waals surface area contributed by atoms with Crippen molar-refractivity contribution in [2.75, 3.05) is 33.3 Å². The standard InChI is InChI=1S/C20H32N4O3/c1-4-17(27-18-9-7-6-8-10-18)15-22-19(21-3)23-16-11-13-24(14-12-16)20(25)26-5-2/h6-10,16-17H,4-5,11-15H2,1-3H3,(H2,21,22,23). The minimum Gasteiger partial charge on any atom is -0.489 e.